The van der Waals surface area contributed by atoms with Crippen molar-refractivity contribution in [1.82, 2.24) is 14.5 Å². The average Bonchev–Trinajstić information content (AvgIpc) is 3.15. The number of imidazole rings is 1. The van der Waals surface area contributed by atoms with E-state index in [2.05, 4.69) is 4.98 Å². The SMILES string of the molecule is CN(CCO)c1ccc(C(=O)N2CCC[C@@H](c3nccn3CC(N)=O)C2)cc1. The number of hydrogen-bond acceptors (Lipinski definition) is 5. The van der Waals surface area contributed by atoms with E-state index < -0.39 is 5.91 Å². The van der Waals surface area contributed by atoms with Gasteiger partial charge in [-0.15, -0.1) is 0 Å². The summed E-state index contributed by atoms with van der Waals surface area (Å²) in [6.45, 7) is 2.00. The van der Waals surface area contributed by atoms with Gasteiger partial charge in [-0.3, -0.25) is 9.59 Å². The third-order valence-electron chi connectivity index (χ3n) is 5.14. The van der Waals surface area contributed by atoms with Crippen LogP contribution in [0.2, 0.25) is 0 Å². The Morgan fingerprint density at radius 3 is 2.75 bits per heavy atom. The zero-order valence-electron chi connectivity index (χ0n) is 16.1. The number of primary amides is 1. The molecule has 150 valence electrons. The number of likely N-dealkylation sites (N-methyl/N-ethyl adjacent to an activating group) is 1. The zero-order valence-corrected chi connectivity index (χ0v) is 16.1. The van der Waals surface area contributed by atoms with E-state index in [1.165, 1.54) is 0 Å². The van der Waals surface area contributed by atoms with Crippen LogP contribution in [0.5, 0.6) is 0 Å². The first kappa shape index (κ1) is 19.9. The first-order valence-electron chi connectivity index (χ1n) is 9.50. The monoisotopic (exact) mass is 385 g/mol. The molecule has 1 aromatic carbocycles. The predicted octanol–water partition coefficient (Wildman–Crippen LogP) is 0.817. The molecule has 1 aromatic heterocycles. The fourth-order valence-electron chi connectivity index (χ4n) is 3.67. The molecular formula is C20H27N5O3. The van der Waals surface area contributed by atoms with Gasteiger partial charge in [-0.2, -0.15) is 0 Å². The van der Waals surface area contributed by atoms with Crippen LogP contribution < -0.4 is 10.6 Å². The van der Waals surface area contributed by atoms with Gasteiger partial charge >= 0.3 is 0 Å². The van der Waals surface area contributed by atoms with Gasteiger partial charge in [0.2, 0.25) is 5.91 Å². The molecule has 1 atom stereocenters. The zero-order chi connectivity index (χ0) is 20.1. The van der Waals surface area contributed by atoms with Crippen LogP contribution in [0.3, 0.4) is 0 Å². The van der Waals surface area contributed by atoms with Crippen molar-refractivity contribution < 1.29 is 14.7 Å². The lowest BCUT2D eigenvalue weighted by Gasteiger charge is -2.32. The molecule has 28 heavy (non-hydrogen) atoms. The van der Waals surface area contributed by atoms with Crippen LogP contribution in [-0.4, -0.2) is 64.7 Å². The lowest BCUT2D eigenvalue weighted by atomic mass is 9.96. The number of anilines is 1. The Bertz CT molecular complexity index is 818. The maximum Gasteiger partial charge on any atom is 0.253 e. The number of nitrogens with zero attached hydrogens (tertiary/aromatic N) is 4. The van der Waals surface area contributed by atoms with Crippen molar-refractivity contribution in [3.8, 4) is 0 Å². The van der Waals surface area contributed by atoms with E-state index in [1.54, 1.807) is 17.0 Å². The fourth-order valence-corrected chi connectivity index (χ4v) is 3.67. The molecule has 0 spiro atoms. The van der Waals surface area contributed by atoms with Crippen LogP contribution in [0.4, 0.5) is 5.69 Å². The Morgan fingerprint density at radius 2 is 2.07 bits per heavy atom. The van der Waals surface area contributed by atoms with Gasteiger partial charge in [0.05, 0.1) is 6.61 Å². The van der Waals surface area contributed by atoms with Gasteiger partial charge in [-0.25, -0.2) is 4.98 Å². The van der Waals surface area contributed by atoms with E-state index >= 15 is 0 Å². The molecular weight excluding hydrogens is 358 g/mol. The Labute approximate surface area is 164 Å². The fraction of sp³-hybridized carbons (Fsp3) is 0.450. The summed E-state index contributed by atoms with van der Waals surface area (Å²) < 4.78 is 1.77. The normalized spacial score (nSPS) is 16.8. The highest BCUT2D eigenvalue weighted by molar-refractivity contribution is 5.94. The molecule has 1 saturated heterocycles. The standard InChI is InChI=1S/C20H27N5O3/c1-23(11-12-26)17-6-4-15(5-7-17)20(28)25-9-2-3-16(13-25)19-22-8-10-24(19)14-18(21)27/h4-8,10,16,26H,2-3,9,11-14H2,1H3,(H2,21,27)/t16-/m1/s1. The lowest BCUT2D eigenvalue weighted by Crippen LogP contribution is -2.40. The highest BCUT2D eigenvalue weighted by Gasteiger charge is 2.28. The highest BCUT2D eigenvalue weighted by atomic mass is 16.3. The Kier molecular flexibility index (Phi) is 6.30. The minimum Gasteiger partial charge on any atom is -0.395 e. The quantitative estimate of drug-likeness (QED) is 0.734. The maximum atomic E-state index is 13.0. The molecule has 1 fully saturated rings. The largest absolute Gasteiger partial charge is 0.395 e. The number of hydrogen-bond donors (Lipinski definition) is 2. The first-order valence-corrected chi connectivity index (χ1v) is 9.50. The Morgan fingerprint density at radius 1 is 1.32 bits per heavy atom. The lowest BCUT2D eigenvalue weighted by molar-refractivity contribution is -0.118. The van der Waals surface area contributed by atoms with E-state index in [0.717, 1.165) is 24.4 Å². The number of aliphatic hydroxyl groups excluding tert-OH is 1. The second-order valence-corrected chi connectivity index (χ2v) is 7.16. The third kappa shape index (κ3) is 4.51. The van der Waals surface area contributed by atoms with Gasteiger partial charge in [0, 0.05) is 56.2 Å². The molecule has 2 amide bonds. The van der Waals surface area contributed by atoms with E-state index in [9.17, 15) is 9.59 Å². The van der Waals surface area contributed by atoms with Gasteiger partial charge < -0.3 is 25.2 Å². The number of likely N-dealkylation sites (tertiary alicyclic amines) is 1. The summed E-state index contributed by atoms with van der Waals surface area (Å²) in [7, 11) is 1.90. The number of carbonyl (C=O) groups excluding carboxylic acids is 2. The van der Waals surface area contributed by atoms with Crippen LogP contribution in [0.1, 0.15) is 34.9 Å². The average molecular weight is 385 g/mol. The van der Waals surface area contributed by atoms with E-state index in [4.69, 9.17) is 10.8 Å². The molecule has 8 heteroatoms. The third-order valence-corrected chi connectivity index (χ3v) is 5.14. The molecule has 0 bridgehead atoms. The molecule has 0 saturated carbocycles. The molecule has 2 aromatic rings. The second-order valence-electron chi connectivity index (χ2n) is 7.16. The number of carbonyl (C=O) groups is 2. The summed E-state index contributed by atoms with van der Waals surface area (Å²) in [5, 5.41) is 9.05. The summed E-state index contributed by atoms with van der Waals surface area (Å²) in [6.07, 6.45) is 5.23. The van der Waals surface area contributed by atoms with E-state index in [-0.39, 0.29) is 25.0 Å². The maximum absolute atomic E-state index is 13.0. The van der Waals surface area contributed by atoms with Gasteiger partial charge in [-0.05, 0) is 37.1 Å². The summed E-state index contributed by atoms with van der Waals surface area (Å²) in [5.74, 6) is 0.475. The summed E-state index contributed by atoms with van der Waals surface area (Å²) in [5.41, 5.74) is 6.91. The number of aromatic nitrogens is 2. The van der Waals surface area contributed by atoms with Gasteiger partial charge in [-0.1, -0.05) is 0 Å². The number of nitrogens with two attached hydrogens (primary N) is 1. The summed E-state index contributed by atoms with van der Waals surface area (Å²) in [6, 6.07) is 7.43. The number of piperidine rings is 1. The highest BCUT2D eigenvalue weighted by Crippen LogP contribution is 2.27. The molecule has 1 aliphatic rings. The van der Waals surface area contributed by atoms with Crippen LogP contribution >= 0.6 is 0 Å². The summed E-state index contributed by atoms with van der Waals surface area (Å²) in [4.78, 5) is 32.4. The van der Waals surface area contributed by atoms with Crippen molar-refractivity contribution in [3.05, 3.63) is 48.0 Å². The second kappa shape index (κ2) is 8.88. The molecule has 1 aliphatic heterocycles. The van der Waals surface area contributed by atoms with E-state index in [1.807, 2.05) is 41.1 Å². The molecule has 2 heterocycles. The van der Waals surface area contributed by atoms with Crippen LogP contribution in [0, 0.1) is 0 Å². The van der Waals surface area contributed by atoms with Crippen molar-refractivity contribution in [3.63, 3.8) is 0 Å². The van der Waals surface area contributed by atoms with Gasteiger partial charge in [0.25, 0.3) is 5.91 Å². The molecule has 3 N–H and O–H groups in total. The topological polar surface area (TPSA) is 105 Å². The summed E-state index contributed by atoms with van der Waals surface area (Å²) >= 11 is 0. The van der Waals surface area contributed by atoms with Gasteiger partial charge in [0.15, 0.2) is 0 Å². The smallest absolute Gasteiger partial charge is 0.253 e. The molecule has 0 radical (unpaired) electrons. The van der Waals surface area contributed by atoms with Crippen LogP contribution in [0.15, 0.2) is 36.7 Å². The Balaban J connectivity index is 1.69. The van der Waals surface area contributed by atoms with Crippen molar-refractivity contribution in [2.45, 2.75) is 25.3 Å². The molecule has 8 nitrogen and oxygen atoms in total. The van der Waals surface area contributed by atoms with Gasteiger partial charge in [0.1, 0.15) is 12.4 Å². The number of rotatable bonds is 7. The van der Waals surface area contributed by atoms with Crippen LogP contribution in [-0.2, 0) is 11.3 Å². The molecule has 0 unspecified atom stereocenters. The minimum absolute atomic E-state index is 0.00549. The minimum atomic E-state index is -0.408. The Hall–Kier alpha value is -2.87. The molecule has 0 aliphatic carbocycles. The van der Waals surface area contributed by atoms with Crippen molar-refractivity contribution >= 4 is 17.5 Å². The predicted molar refractivity (Wildman–Crippen MR) is 106 cm³/mol. The van der Waals surface area contributed by atoms with Crippen molar-refractivity contribution in [2.75, 3.05) is 38.2 Å². The number of benzene rings is 1. The van der Waals surface area contributed by atoms with Crippen LogP contribution in [0.25, 0.3) is 0 Å². The number of aliphatic hydroxyl groups is 1. The van der Waals surface area contributed by atoms with Crippen molar-refractivity contribution in [2.24, 2.45) is 5.73 Å². The molecule has 3 rings (SSSR count). The number of amides is 2. The first-order chi connectivity index (χ1) is 13.5. The van der Waals surface area contributed by atoms with E-state index in [0.29, 0.717) is 25.2 Å². The van der Waals surface area contributed by atoms with Crippen molar-refractivity contribution in [1.29, 1.82) is 0 Å².